The maximum Gasteiger partial charge on any atom is 0.256 e. The van der Waals surface area contributed by atoms with Crippen LogP contribution in [0.1, 0.15) is 10.4 Å². The Morgan fingerprint density at radius 2 is 1.67 bits per heavy atom. The summed E-state index contributed by atoms with van der Waals surface area (Å²) in [6.45, 7) is 0. The average Bonchev–Trinajstić information content (AvgIpc) is 2.46. The van der Waals surface area contributed by atoms with Crippen molar-refractivity contribution < 1.29 is 13.2 Å². The monoisotopic (exact) mass is 321 g/mol. The first-order valence-corrected chi connectivity index (χ1v) is 9.28. The zero-order chi connectivity index (χ0) is 15.5. The van der Waals surface area contributed by atoms with Crippen LogP contribution in [0.2, 0.25) is 0 Å². The molecule has 2 aromatic rings. The first-order valence-electron chi connectivity index (χ1n) is 6.16. The van der Waals surface area contributed by atoms with Gasteiger partial charge in [-0.05, 0) is 42.7 Å². The fourth-order valence-corrected chi connectivity index (χ4v) is 3.04. The molecular formula is C15H15NO3S2. The smallest absolute Gasteiger partial charge is 0.256 e. The van der Waals surface area contributed by atoms with Gasteiger partial charge < -0.3 is 5.32 Å². The summed E-state index contributed by atoms with van der Waals surface area (Å²) in [7, 11) is -3.23. The maximum atomic E-state index is 12.2. The highest BCUT2D eigenvalue weighted by molar-refractivity contribution is 7.98. The summed E-state index contributed by atoms with van der Waals surface area (Å²) in [5.41, 5.74) is 1.15. The van der Waals surface area contributed by atoms with Crippen LogP contribution in [0.5, 0.6) is 0 Å². The minimum absolute atomic E-state index is 0.216. The predicted octanol–water partition coefficient (Wildman–Crippen LogP) is 3.06. The van der Waals surface area contributed by atoms with Crippen LogP contribution in [-0.2, 0) is 9.84 Å². The van der Waals surface area contributed by atoms with Crippen molar-refractivity contribution in [3.8, 4) is 0 Å². The summed E-state index contributed by atoms with van der Waals surface area (Å²) in [5.74, 6) is -0.216. The molecule has 0 atom stereocenters. The Balaban J connectivity index is 2.20. The lowest BCUT2D eigenvalue weighted by molar-refractivity contribution is 0.102. The van der Waals surface area contributed by atoms with Crippen LogP contribution in [0.25, 0.3) is 0 Å². The van der Waals surface area contributed by atoms with E-state index < -0.39 is 9.84 Å². The molecule has 1 amide bonds. The van der Waals surface area contributed by atoms with E-state index in [9.17, 15) is 13.2 Å². The Morgan fingerprint density at radius 3 is 2.24 bits per heavy atom. The maximum absolute atomic E-state index is 12.2. The van der Waals surface area contributed by atoms with Crippen LogP contribution >= 0.6 is 11.8 Å². The molecule has 2 aromatic carbocycles. The summed E-state index contributed by atoms with van der Waals surface area (Å²) in [5, 5.41) is 2.76. The SMILES string of the molecule is CSc1ccccc1C(=O)Nc1ccc(S(C)(=O)=O)cc1. The molecule has 0 radical (unpaired) electrons. The molecule has 0 unspecified atom stereocenters. The number of hydrogen-bond donors (Lipinski definition) is 1. The van der Waals surface area contributed by atoms with Gasteiger partial charge >= 0.3 is 0 Å². The Hall–Kier alpha value is -1.79. The lowest BCUT2D eigenvalue weighted by Crippen LogP contribution is -2.13. The topological polar surface area (TPSA) is 63.2 Å². The highest BCUT2D eigenvalue weighted by atomic mass is 32.2. The number of thioether (sulfide) groups is 1. The van der Waals surface area contributed by atoms with Crippen molar-refractivity contribution in [2.24, 2.45) is 0 Å². The van der Waals surface area contributed by atoms with Gasteiger partial charge in [0.1, 0.15) is 0 Å². The molecule has 0 saturated carbocycles. The number of sulfone groups is 1. The Bertz CT molecular complexity index is 753. The van der Waals surface area contributed by atoms with E-state index in [1.807, 2.05) is 18.4 Å². The molecule has 6 heteroatoms. The first-order chi connectivity index (χ1) is 9.91. The number of rotatable bonds is 4. The second kappa shape index (κ2) is 6.32. The Labute approximate surface area is 128 Å². The molecule has 0 saturated heterocycles. The summed E-state index contributed by atoms with van der Waals surface area (Å²) >= 11 is 1.50. The van der Waals surface area contributed by atoms with Gasteiger partial charge in [0.15, 0.2) is 9.84 Å². The second-order valence-electron chi connectivity index (χ2n) is 4.45. The molecular weight excluding hydrogens is 306 g/mol. The molecule has 0 bridgehead atoms. The summed E-state index contributed by atoms with van der Waals surface area (Å²) in [6, 6.07) is 13.4. The Kier molecular flexibility index (Phi) is 4.69. The minimum Gasteiger partial charge on any atom is -0.322 e. The quantitative estimate of drug-likeness (QED) is 0.879. The molecule has 1 N–H and O–H groups in total. The van der Waals surface area contributed by atoms with Crippen LogP contribution < -0.4 is 5.32 Å². The molecule has 110 valence electrons. The molecule has 0 aliphatic heterocycles. The summed E-state index contributed by atoms with van der Waals surface area (Å²) in [6.07, 6.45) is 3.06. The highest BCUT2D eigenvalue weighted by Gasteiger charge is 2.11. The van der Waals surface area contributed by atoms with E-state index in [1.54, 1.807) is 24.3 Å². The number of benzene rings is 2. The molecule has 0 aliphatic rings. The van der Waals surface area contributed by atoms with E-state index in [0.717, 1.165) is 11.2 Å². The third-order valence-electron chi connectivity index (χ3n) is 2.89. The largest absolute Gasteiger partial charge is 0.322 e. The number of amides is 1. The van der Waals surface area contributed by atoms with Crippen molar-refractivity contribution in [3.05, 3.63) is 54.1 Å². The molecule has 4 nitrogen and oxygen atoms in total. The van der Waals surface area contributed by atoms with E-state index in [1.165, 1.54) is 23.9 Å². The van der Waals surface area contributed by atoms with Gasteiger partial charge in [-0.25, -0.2) is 8.42 Å². The van der Waals surface area contributed by atoms with Crippen LogP contribution in [0, 0.1) is 0 Å². The van der Waals surface area contributed by atoms with Crippen molar-refractivity contribution >= 4 is 33.2 Å². The van der Waals surface area contributed by atoms with E-state index in [-0.39, 0.29) is 10.8 Å². The van der Waals surface area contributed by atoms with Crippen LogP contribution in [0.3, 0.4) is 0 Å². The highest BCUT2D eigenvalue weighted by Crippen LogP contribution is 2.21. The number of carbonyl (C=O) groups is 1. The number of carbonyl (C=O) groups excluding carboxylic acids is 1. The van der Waals surface area contributed by atoms with Gasteiger partial charge in [-0.3, -0.25) is 4.79 Å². The molecule has 21 heavy (non-hydrogen) atoms. The standard InChI is InChI=1S/C15H15NO3S2/c1-20-14-6-4-3-5-13(14)15(17)16-11-7-9-12(10-8-11)21(2,18)19/h3-10H,1-2H3,(H,16,17). The molecule has 0 spiro atoms. The number of nitrogens with one attached hydrogen (secondary N) is 1. The van der Waals surface area contributed by atoms with Crippen molar-refractivity contribution in [1.29, 1.82) is 0 Å². The molecule has 0 aromatic heterocycles. The zero-order valence-corrected chi connectivity index (χ0v) is 13.3. The fourth-order valence-electron chi connectivity index (χ4n) is 1.82. The molecule has 0 heterocycles. The van der Waals surface area contributed by atoms with Gasteiger partial charge in [-0.2, -0.15) is 0 Å². The lowest BCUT2D eigenvalue weighted by atomic mass is 10.2. The molecule has 0 aliphatic carbocycles. The Morgan fingerprint density at radius 1 is 1.05 bits per heavy atom. The fraction of sp³-hybridized carbons (Fsp3) is 0.133. The van der Waals surface area contributed by atoms with E-state index in [4.69, 9.17) is 0 Å². The van der Waals surface area contributed by atoms with Crippen LogP contribution in [-0.4, -0.2) is 26.8 Å². The summed E-state index contributed by atoms with van der Waals surface area (Å²) in [4.78, 5) is 13.4. The molecule has 0 fully saturated rings. The number of anilines is 1. The van der Waals surface area contributed by atoms with Gasteiger partial charge in [0.2, 0.25) is 0 Å². The van der Waals surface area contributed by atoms with E-state index >= 15 is 0 Å². The van der Waals surface area contributed by atoms with Crippen molar-refractivity contribution in [2.45, 2.75) is 9.79 Å². The van der Waals surface area contributed by atoms with E-state index in [0.29, 0.717) is 11.3 Å². The zero-order valence-electron chi connectivity index (χ0n) is 11.7. The minimum atomic E-state index is -3.23. The second-order valence-corrected chi connectivity index (χ2v) is 7.31. The first kappa shape index (κ1) is 15.6. The van der Waals surface area contributed by atoms with Gasteiger partial charge in [0.05, 0.1) is 10.5 Å². The normalized spacial score (nSPS) is 11.1. The third kappa shape index (κ3) is 3.86. The van der Waals surface area contributed by atoms with Crippen molar-refractivity contribution in [1.82, 2.24) is 0 Å². The summed E-state index contributed by atoms with van der Waals surface area (Å²) < 4.78 is 22.8. The van der Waals surface area contributed by atoms with Gasteiger partial charge in [-0.15, -0.1) is 11.8 Å². The predicted molar refractivity (Wildman–Crippen MR) is 85.7 cm³/mol. The molecule has 2 rings (SSSR count). The van der Waals surface area contributed by atoms with Crippen molar-refractivity contribution in [2.75, 3.05) is 17.8 Å². The van der Waals surface area contributed by atoms with Gasteiger partial charge in [0.25, 0.3) is 5.91 Å². The lowest BCUT2D eigenvalue weighted by Gasteiger charge is -2.09. The third-order valence-corrected chi connectivity index (χ3v) is 4.82. The van der Waals surface area contributed by atoms with Gasteiger partial charge in [0, 0.05) is 16.8 Å². The van der Waals surface area contributed by atoms with Crippen LogP contribution in [0.4, 0.5) is 5.69 Å². The van der Waals surface area contributed by atoms with Gasteiger partial charge in [-0.1, -0.05) is 12.1 Å². The van der Waals surface area contributed by atoms with Crippen molar-refractivity contribution in [3.63, 3.8) is 0 Å². The number of hydrogen-bond acceptors (Lipinski definition) is 4. The van der Waals surface area contributed by atoms with E-state index in [2.05, 4.69) is 5.32 Å². The van der Waals surface area contributed by atoms with Crippen LogP contribution in [0.15, 0.2) is 58.3 Å². The average molecular weight is 321 g/mol.